The van der Waals surface area contributed by atoms with Gasteiger partial charge in [-0.1, -0.05) is 58.4 Å². The molecule has 0 radical (unpaired) electrons. The third-order valence-corrected chi connectivity index (χ3v) is 5.92. The van der Waals surface area contributed by atoms with E-state index in [2.05, 4.69) is 50.4 Å². The van der Waals surface area contributed by atoms with Crippen molar-refractivity contribution >= 4 is 27.6 Å². The van der Waals surface area contributed by atoms with E-state index in [9.17, 15) is 4.79 Å². The number of rotatable bonds is 6. The van der Waals surface area contributed by atoms with Gasteiger partial charge >= 0.3 is 5.97 Å². The van der Waals surface area contributed by atoms with Crippen molar-refractivity contribution in [3.63, 3.8) is 0 Å². The molecule has 0 aromatic heterocycles. The first-order chi connectivity index (χ1) is 15.1. The fourth-order valence-corrected chi connectivity index (χ4v) is 4.43. The molecule has 160 valence electrons. The Hall–Kier alpha value is -2.83. The molecule has 3 aromatic carbocycles. The molecule has 6 heteroatoms. The maximum atomic E-state index is 12.6. The maximum absolute atomic E-state index is 12.6. The Balaban J connectivity index is 1.85. The van der Waals surface area contributed by atoms with Gasteiger partial charge in [-0.3, -0.25) is 9.69 Å². The average Bonchev–Trinajstić information content (AvgIpc) is 2.79. The van der Waals surface area contributed by atoms with E-state index in [4.69, 9.17) is 9.47 Å². The summed E-state index contributed by atoms with van der Waals surface area (Å²) in [6.07, 6.45) is -0.214. The summed E-state index contributed by atoms with van der Waals surface area (Å²) in [5, 5.41) is 3.63. The predicted octanol–water partition coefficient (Wildman–Crippen LogP) is 5.54. The summed E-state index contributed by atoms with van der Waals surface area (Å²) in [7, 11) is 1.65. The van der Waals surface area contributed by atoms with Crippen molar-refractivity contribution in [2.75, 3.05) is 25.6 Å². The van der Waals surface area contributed by atoms with Crippen LogP contribution < -0.4 is 10.1 Å². The molecule has 0 unspecified atom stereocenters. The molecule has 0 saturated carbocycles. The first-order valence-corrected chi connectivity index (χ1v) is 11.1. The van der Waals surface area contributed by atoms with Gasteiger partial charge in [0.2, 0.25) is 0 Å². The summed E-state index contributed by atoms with van der Waals surface area (Å²) in [5.74, 6) is 0.544. The lowest BCUT2D eigenvalue weighted by Gasteiger charge is -2.44. The fourth-order valence-electron chi connectivity index (χ4n) is 4.05. The van der Waals surface area contributed by atoms with Crippen molar-refractivity contribution in [1.29, 1.82) is 0 Å². The fraction of sp³-hybridized carbons (Fsp3) is 0.240. The molecule has 0 bridgehead atoms. The Kier molecular flexibility index (Phi) is 6.59. The summed E-state index contributed by atoms with van der Waals surface area (Å²) < 4.78 is 11.6. The van der Waals surface area contributed by atoms with Crippen LogP contribution in [0.3, 0.4) is 0 Å². The van der Waals surface area contributed by atoms with E-state index in [0.29, 0.717) is 6.61 Å². The van der Waals surface area contributed by atoms with Gasteiger partial charge in [0.05, 0.1) is 26.3 Å². The predicted molar refractivity (Wildman–Crippen MR) is 125 cm³/mol. The van der Waals surface area contributed by atoms with Crippen LogP contribution in [0.25, 0.3) is 0 Å². The Morgan fingerprint density at radius 2 is 1.77 bits per heavy atom. The topological polar surface area (TPSA) is 50.8 Å². The number of methoxy groups -OCH3 is 1. The van der Waals surface area contributed by atoms with Crippen LogP contribution in [-0.4, -0.2) is 31.1 Å². The van der Waals surface area contributed by atoms with Gasteiger partial charge in [0, 0.05) is 10.2 Å². The summed E-state index contributed by atoms with van der Waals surface area (Å²) in [6, 6.07) is 24.3. The molecule has 2 atom stereocenters. The maximum Gasteiger partial charge on any atom is 0.320 e. The summed E-state index contributed by atoms with van der Waals surface area (Å²) in [4.78, 5) is 14.8. The highest BCUT2D eigenvalue weighted by atomic mass is 79.9. The van der Waals surface area contributed by atoms with Crippen molar-refractivity contribution < 1.29 is 14.3 Å². The van der Waals surface area contributed by atoms with E-state index in [-0.39, 0.29) is 24.7 Å². The second-order valence-corrected chi connectivity index (χ2v) is 8.26. The monoisotopic (exact) mass is 480 g/mol. The lowest BCUT2D eigenvalue weighted by molar-refractivity contribution is -0.145. The van der Waals surface area contributed by atoms with Gasteiger partial charge in [0.25, 0.3) is 0 Å². The minimum Gasteiger partial charge on any atom is -0.497 e. The molecule has 4 rings (SSSR count). The standard InChI is InChI=1S/C25H25BrN2O3/c1-3-31-23(29)16-28-24(17-7-5-4-6-8-17)21-15-19(26)11-14-22(21)27-25(28)18-9-12-20(30-2)13-10-18/h4-15,24-25,27H,3,16H2,1-2H3/t24-,25+/m0/s1. The highest BCUT2D eigenvalue weighted by Gasteiger charge is 2.37. The average molecular weight is 481 g/mol. The van der Waals surface area contributed by atoms with Crippen molar-refractivity contribution in [3.8, 4) is 5.75 Å². The van der Waals surface area contributed by atoms with Gasteiger partial charge in [-0.05, 0) is 53.9 Å². The number of fused-ring (bicyclic) bond motifs is 1. The Labute approximate surface area is 191 Å². The molecule has 0 spiro atoms. The number of benzene rings is 3. The van der Waals surface area contributed by atoms with E-state index in [0.717, 1.165) is 32.6 Å². The van der Waals surface area contributed by atoms with E-state index in [1.54, 1.807) is 7.11 Å². The molecule has 1 aliphatic rings. The summed E-state index contributed by atoms with van der Waals surface area (Å²) >= 11 is 3.61. The number of nitrogens with zero attached hydrogens (tertiary/aromatic N) is 1. The van der Waals surface area contributed by atoms with Gasteiger partial charge in [0.1, 0.15) is 11.9 Å². The van der Waals surface area contributed by atoms with Gasteiger partial charge < -0.3 is 14.8 Å². The first kappa shape index (κ1) is 21.4. The van der Waals surface area contributed by atoms with E-state index < -0.39 is 0 Å². The van der Waals surface area contributed by atoms with Crippen LogP contribution in [0, 0.1) is 0 Å². The quantitative estimate of drug-likeness (QED) is 0.469. The zero-order chi connectivity index (χ0) is 21.8. The van der Waals surface area contributed by atoms with Gasteiger partial charge in [-0.15, -0.1) is 0 Å². The number of ether oxygens (including phenoxy) is 2. The third-order valence-electron chi connectivity index (χ3n) is 5.43. The number of halogens is 1. The van der Waals surface area contributed by atoms with E-state index in [1.165, 1.54) is 0 Å². The molecule has 1 aliphatic heterocycles. The molecule has 0 amide bonds. The van der Waals surface area contributed by atoms with Crippen LogP contribution in [0.4, 0.5) is 5.69 Å². The Morgan fingerprint density at radius 1 is 1.03 bits per heavy atom. The van der Waals surface area contributed by atoms with E-state index >= 15 is 0 Å². The lowest BCUT2D eigenvalue weighted by atomic mass is 9.91. The zero-order valence-corrected chi connectivity index (χ0v) is 19.1. The molecule has 3 aromatic rings. The van der Waals surface area contributed by atoms with Gasteiger partial charge in [-0.25, -0.2) is 0 Å². The molecular weight excluding hydrogens is 456 g/mol. The van der Waals surface area contributed by atoms with Crippen molar-refractivity contribution in [2.24, 2.45) is 0 Å². The van der Waals surface area contributed by atoms with Crippen molar-refractivity contribution in [2.45, 2.75) is 19.1 Å². The molecule has 1 heterocycles. The molecule has 31 heavy (non-hydrogen) atoms. The Morgan fingerprint density at radius 3 is 2.45 bits per heavy atom. The summed E-state index contributed by atoms with van der Waals surface area (Å²) in [6.45, 7) is 2.34. The first-order valence-electron chi connectivity index (χ1n) is 10.3. The number of anilines is 1. The molecule has 0 saturated heterocycles. The zero-order valence-electron chi connectivity index (χ0n) is 17.5. The van der Waals surface area contributed by atoms with Gasteiger partial charge in [0.15, 0.2) is 0 Å². The highest BCUT2D eigenvalue weighted by Crippen LogP contribution is 2.44. The number of hydrogen-bond acceptors (Lipinski definition) is 5. The van der Waals surface area contributed by atoms with Gasteiger partial charge in [-0.2, -0.15) is 0 Å². The highest BCUT2D eigenvalue weighted by molar-refractivity contribution is 9.10. The third kappa shape index (κ3) is 4.60. The second kappa shape index (κ2) is 9.54. The number of nitrogens with one attached hydrogen (secondary N) is 1. The largest absolute Gasteiger partial charge is 0.497 e. The summed E-state index contributed by atoms with van der Waals surface area (Å²) in [5.41, 5.74) is 4.30. The molecule has 5 nitrogen and oxygen atoms in total. The number of hydrogen-bond donors (Lipinski definition) is 1. The minimum atomic E-state index is -0.248. The number of esters is 1. The lowest BCUT2D eigenvalue weighted by Crippen LogP contribution is -2.44. The van der Waals surface area contributed by atoms with Crippen molar-refractivity contribution in [3.05, 3.63) is 94.0 Å². The van der Waals surface area contributed by atoms with E-state index in [1.807, 2.05) is 55.5 Å². The normalized spacial score (nSPS) is 18.0. The van der Waals surface area contributed by atoms with Crippen LogP contribution in [0.5, 0.6) is 5.75 Å². The van der Waals surface area contributed by atoms with Crippen LogP contribution >= 0.6 is 15.9 Å². The minimum absolute atomic E-state index is 0.119. The van der Waals surface area contributed by atoms with Crippen LogP contribution in [0.15, 0.2) is 77.3 Å². The second-order valence-electron chi connectivity index (χ2n) is 7.34. The molecule has 1 N–H and O–H groups in total. The Bertz CT molecular complexity index is 1040. The molecule has 0 aliphatic carbocycles. The number of carbonyl (C=O) groups is 1. The van der Waals surface area contributed by atoms with Crippen LogP contribution in [-0.2, 0) is 9.53 Å². The van der Waals surface area contributed by atoms with Crippen molar-refractivity contribution in [1.82, 2.24) is 4.90 Å². The molecule has 0 fully saturated rings. The number of carbonyl (C=O) groups excluding carboxylic acids is 1. The van der Waals surface area contributed by atoms with Crippen LogP contribution in [0.1, 0.15) is 35.8 Å². The molecular formula is C25H25BrN2O3. The SMILES string of the molecule is CCOC(=O)CN1[C@@H](c2ccccc2)c2cc(Br)ccc2N[C@H]1c1ccc(OC)cc1. The van der Waals surface area contributed by atoms with Crippen LogP contribution in [0.2, 0.25) is 0 Å². The smallest absolute Gasteiger partial charge is 0.320 e.